The third kappa shape index (κ3) is 4.42. The first-order valence-corrected chi connectivity index (χ1v) is 9.11. The normalized spacial score (nSPS) is 14.7. The number of carbonyl (C=O) groups is 2. The summed E-state index contributed by atoms with van der Waals surface area (Å²) in [6, 6.07) is 9.48. The predicted octanol–water partition coefficient (Wildman–Crippen LogP) is 1.47. The van der Waals surface area contributed by atoms with Gasteiger partial charge in [-0.3, -0.25) is 14.6 Å². The molecule has 7 nitrogen and oxygen atoms in total. The van der Waals surface area contributed by atoms with Crippen molar-refractivity contribution in [3.05, 3.63) is 54.5 Å². The van der Waals surface area contributed by atoms with E-state index in [0.717, 1.165) is 11.4 Å². The molecule has 2 aromatic rings. The molecule has 0 spiro atoms. The third-order valence-electron chi connectivity index (χ3n) is 4.84. The minimum Gasteiger partial charge on any atom is -0.353 e. The highest BCUT2D eigenvalue weighted by atomic mass is 16.2. The number of aromatic nitrogens is 2. The van der Waals surface area contributed by atoms with Crippen LogP contribution >= 0.6 is 0 Å². The number of hydrogen-bond donors (Lipinski definition) is 1. The van der Waals surface area contributed by atoms with E-state index in [0.29, 0.717) is 32.7 Å². The van der Waals surface area contributed by atoms with Gasteiger partial charge in [0.25, 0.3) is 0 Å². The fourth-order valence-electron chi connectivity index (χ4n) is 3.08. The van der Waals surface area contributed by atoms with Gasteiger partial charge < -0.3 is 15.1 Å². The van der Waals surface area contributed by atoms with E-state index >= 15 is 0 Å². The average molecular weight is 367 g/mol. The Kier molecular flexibility index (Phi) is 5.69. The lowest BCUT2D eigenvalue weighted by molar-refractivity contribution is -0.148. The monoisotopic (exact) mass is 367 g/mol. The van der Waals surface area contributed by atoms with Crippen LogP contribution in [0, 0.1) is 5.41 Å². The second-order valence-corrected chi connectivity index (χ2v) is 7.13. The van der Waals surface area contributed by atoms with Crippen LogP contribution in [0.15, 0.2) is 48.9 Å². The van der Waals surface area contributed by atoms with Gasteiger partial charge in [-0.05, 0) is 43.7 Å². The molecule has 142 valence electrons. The summed E-state index contributed by atoms with van der Waals surface area (Å²) < 4.78 is 0. The topological polar surface area (TPSA) is 78.4 Å². The zero-order chi connectivity index (χ0) is 19.3. The van der Waals surface area contributed by atoms with Gasteiger partial charge in [0.1, 0.15) is 11.2 Å². The molecular formula is C20H25N5O2. The van der Waals surface area contributed by atoms with Crippen molar-refractivity contribution in [3.63, 3.8) is 0 Å². The van der Waals surface area contributed by atoms with E-state index in [4.69, 9.17) is 0 Å². The number of piperazine rings is 1. The van der Waals surface area contributed by atoms with Crippen LogP contribution in [0.3, 0.4) is 0 Å². The van der Waals surface area contributed by atoms with Gasteiger partial charge in [0, 0.05) is 51.3 Å². The summed E-state index contributed by atoms with van der Waals surface area (Å²) >= 11 is 0. The van der Waals surface area contributed by atoms with Crippen molar-refractivity contribution in [2.75, 3.05) is 31.1 Å². The Morgan fingerprint density at radius 3 is 2.37 bits per heavy atom. The van der Waals surface area contributed by atoms with E-state index in [2.05, 4.69) is 20.2 Å². The van der Waals surface area contributed by atoms with Crippen molar-refractivity contribution in [2.24, 2.45) is 5.41 Å². The molecule has 1 fully saturated rings. The molecule has 2 amide bonds. The van der Waals surface area contributed by atoms with Gasteiger partial charge in [-0.15, -0.1) is 0 Å². The van der Waals surface area contributed by atoms with Crippen molar-refractivity contribution in [1.82, 2.24) is 20.2 Å². The third-order valence-corrected chi connectivity index (χ3v) is 4.84. The fraction of sp³-hybridized carbons (Fsp3) is 0.400. The molecule has 2 aromatic heterocycles. The molecule has 0 atom stereocenters. The van der Waals surface area contributed by atoms with Crippen molar-refractivity contribution >= 4 is 17.6 Å². The van der Waals surface area contributed by atoms with Gasteiger partial charge in [0.05, 0.1) is 0 Å². The van der Waals surface area contributed by atoms with Gasteiger partial charge in [0.15, 0.2) is 0 Å². The Labute approximate surface area is 159 Å². The van der Waals surface area contributed by atoms with E-state index in [1.165, 1.54) is 0 Å². The molecule has 0 saturated carbocycles. The number of nitrogens with zero attached hydrogens (tertiary/aromatic N) is 4. The smallest absolute Gasteiger partial charge is 0.237 e. The summed E-state index contributed by atoms with van der Waals surface area (Å²) in [4.78, 5) is 37.8. The van der Waals surface area contributed by atoms with Crippen LogP contribution in [0.2, 0.25) is 0 Å². The van der Waals surface area contributed by atoms with Crippen LogP contribution in [-0.2, 0) is 16.1 Å². The van der Waals surface area contributed by atoms with Crippen molar-refractivity contribution in [1.29, 1.82) is 0 Å². The van der Waals surface area contributed by atoms with Gasteiger partial charge in [-0.2, -0.15) is 0 Å². The molecule has 0 unspecified atom stereocenters. The molecule has 0 bridgehead atoms. The lowest BCUT2D eigenvalue weighted by Gasteiger charge is -2.38. The molecule has 1 saturated heterocycles. The SMILES string of the molecule is CC(C)(C(=O)NCc1ccncc1)C(=O)N1CCN(c2ccccn2)CC1. The Morgan fingerprint density at radius 2 is 1.74 bits per heavy atom. The maximum Gasteiger partial charge on any atom is 0.237 e. The van der Waals surface area contributed by atoms with Crippen molar-refractivity contribution < 1.29 is 9.59 Å². The summed E-state index contributed by atoms with van der Waals surface area (Å²) in [5.74, 6) is 0.505. The largest absolute Gasteiger partial charge is 0.353 e. The van der Waals surface area contributed by atoms with E-state index in [9.17, 15) is 9.59 Å². The van der Waals surface area contributed by atoms with Crippen molar-refractivity contribution in [3.8, 4) is 0 Å². The highest BCUT2D eigenvalue weighted by molar-refractivity contribution is 6.04. The van der Waals surface area contributed by atoms with Gasteiger partial charge in [-0.1, -0.05) is 6.07 Å². The minimum atomic E-state index is -1.11. The number of hydrogen-bond acceptors (Lipinski definition) is 5. The van der Waals surface area contributed by atoms with E-state index in [-0.39, 0.29) is 11.8 Å². The van der Waals surface area contributed by atoms with Crippen LogP contribution in [-0.4, -0.2) is 52.9 Å². The lowest BCUT2D eigenvalue weighted by atomic mass is 9.90. The predicted molar refractivity (Wildman–Crippen MR) is 103 cm³/mol. The Balaban J connectivity index is 1.55. The van der Waals surface area contributed by atoms with Crippen LogP contribution in [0.25, 0.3) is 0 Å². The number of pyridine rings is 2. The summed E-state index contributed by atoms with van der Waals surface area (Å²) in [5.41, 5.74) is -0.161. The summed E-state index contributed by atoms with van der Waals surface area (Å²) in [5, 5.41) is 2.86. The maximum atomic E-state index is 12.9. The number of anilines is 1. The first-order chi connectivity index (χ1) is 13.0. The molecule has 0 aromatic carbocycles. The summed E-state index contributed by atoms with van der Waals surface area (Å²) in [6.45, 7) is 6.32. The van der Waals surface area contributed by atoms with E-state index in [1.807, 2.05) is 30.3 Å². The molecular weight excluding hydrogens is 342 g/mol. The first kappa shape index (κ1) is 18.8. The van der Waals surface area contributed by atoms with Crippen LogP contribution in [0.1, 0.15) is 19.4 Å². The van der Waals surface area contributed by atoms with Gasteiger partial charge in [-0.25, -0.2) is 4.98 Å². The molecule has 3 rings (SSSR count). The Bertz CT molecular complexity index is 771. The standard InChI is InChI=1S/C20H25N5O2/c1-20(2,18(26)23-15-16-6-9-21-10-7-16)19(27)25-13-11-24(12-14-25)17-5-3-4-8-22-17/h3-10H,11-15H2,1-2H3,(H,23,26). The number of carbonyl (C=O) groups excluding carboxylic acids is 2. The van der Waals surface area contributed by atoms with E-state index in [1.54, 1.807) is 37.3 Å². The second-order valence-electron chi connectivity index (χ2n) is 7.13. The zero-order valence-electron chi connectivity index (χ0n) is 15.8. The van der Waals surface area contributed by atoms with E-state index < -0.39 is 5.41 Å². The molecule has 7 heteroatoms. The number of amides is 2. The first-order valence-electron chi connectivity index (χ1n) is 9.11. The summed E-state index contributed by atoms with van der Waals surface area (Å²) in [6.07, 6.45) is 5.13. The minimum absolute atomic E-state index is 0.143. The van der Waals surface area contributed by atoms with Crippen LogP contribution in [0.5, 0.6) is 0 Å². The molecule has 0 aliphatic carbocycles. The van der Waals surface area contributed by atoms with Gasteiger partial charge >= 0.3 is 0 Å². The van der Waals surface area contributed by atoms with Crippen LogP contribution in [0.4, 0.5) is 5.82 Å². The zero-order valence-corrected chi connectivity index (χ0v) is 15.8. The highest BCUT2D eigenvalue weighted by Crippen LogP contribution is 2.22. The molecule has 0 radical (unpaired) electrons. The summed E-state index contributed by atoms with van der Waals surface area (Å²) in [7, 11) is 0. The average Bonchev–Trinajstić information content (AvgIpc) is 2.73. The Hall–Kier alpha value is -2.96. The maximum absolute atomic E-state index is 12.9. The fourth-order valence-corrected chi connectivity index (χ4v) is 3.08. The molecule has 1 aliphatic heterocycles. The number of rotatable bonds is 5. The Morgan fingerprint density at radius 1 is 1.04 bits per heavy atom. The quantitative estimate of drug-likeness (QED) is 0.810. The molecule has 3 heterocycles. The lowest BCUT2D eigenvalue weighted by Crippen LogP contribution is -2.55. The van der Waals surface area contributed by atoms with Crippen molar-refractivity contribution in [2.45, 2.75) is 20.4 Å². The highest BCUT2D eigenvalue weighted by Gasteiger charge is 2.39. The second kappa shape index (κ2) is 8.16. The number of nitrogens with one attached hydrogen (secondary N) is 1. The van der Waals surface area contributed by atoms with Gasteiger partial charge in [0.2, 0.25) is 11.8 Å². The molecule has 1 N–H and O–H groups in total. The molecule has 1 aliphatic rings. The molecule has 27 heavy (non-hydrogen) atoms. The van der Waals surface area contributed by atoms with Crippen LogP contribution < -0.4 is 10.2 Å².